The average Bonchev–Trinajstić information content (AvgIpc) is 2.36. The Hall–Kier alpha value is 0.500. The first-order valence-corrected chi connectivity index (χ1v) is 7.24. The third-order valence-electron chi connectivity index (χ3n) is 2.41. The zero-order chi connectivity index (χ0) is 12.1. The predicted octanol–water partition coefficient (Wildman–Crippen LogP) is -1.38. The van der Waals surface area contributed by atoms with Crippen LogP contribution >= 0.6 is 23.5 Å². The van der Waals surface area contributed by atoms with Crippen molar-refractivity contribution in [2.45, 2.75) is 35.4 Å². The SMILES string of the molecule is OC[C@@H](O)[C@H](O)[C@H](O)[C@@H](O)C1SCCCS1. The van der Waals surface area contributed by atoms with Crippen molar-refractivity contribution < 1.29 is 25.5 Å². The van der Waals surface area contributed by atoms with Crippen molar-refractivity contribution in [3.63, 3.8) is 0 Å². The minimum absolute atomic E-state index is 0.190. The van der Waals surface area contributed by atoms with Gasteiger partial charge in [0.15, 0.2) is 0 Å². The highest BCUT2D eigenvalue weighted by Crippen LogP contribution is 2.34. The van der Waals surface area contributed by atoms with Gasteiger partial charge in [-0.2, -0.15) is 0 Å². The molecule has 0 amide bonds. The van der Waals surface area contributed by atoms with Gasteiger partial charge in [0.2, 0.25) is 0 Å². The normalized spacial score (nSPS) is 26.1. The first-order chi connectivity index (χ1) is 7.57. The summed E-state index contributed by atoms with van der Waals surface area (Å²) in [5.41, 5.74) is 0. The van der Waals surface area contributed by atoms with E-state index in [0.717, 1.165) is 17.9 Å². The molecule has 1 rings (SSSR count). The molecule has 1 aliphatic rings. The molecule has 0 aliphatic carbocycles. The summed E-state index contributed by atoms with van der Waals surface area (Å²) in [6, 6.07) is 0. The molecule has 0 radical (unpaired) electrons. The van der Waals surface area contributed by atoms with Crippen LogP contribution in [0.5, 0.6) is 0 Å². The lowest BCUT2D eigenvalue weighted by molar-refractivity contribution is -0.111. The van der Waals surface area contributed by atoms with Gasteiger partial charge in [0.1, 0.15) is 24.4 Å². The summed E-state index contributed by atoms with van der Waals surface area (Å²) >= 11 is 3.07. The highest BCUT2D eigenvalue weighted by molar-refractivity contribution is 8.17. The first kappa shape index (κ1) is 14.6. The molecule has 1 saturated heterocycles. The summed E-state index contributed by atoms with van der Waals surface area (Å²) in [5.74, 6) is 1.83. The number of rotatable bonds is 5. The fraction of sp³-hybridized carbons (Fsp3) is 1.00. The van der Waals surface area contributed by atoms with Crippen LogP contribution in [0.15, 0.2) is 0 Å². The quantitative estimate of drug-likeness (QED) is 0.420. The molecule has 4 atom stereocenters. The van der Waals surface area contributed by atoms with Crippen LogP contribution in [0.3, 0.4) is 0 Å². The minimum Gasteiger partial charge on any atom is -0.394 e. The Kier molecular flexibility index (Phi) is 6.42. The fourth-order valence-electron chi connectivity index (χ4n) is 1.40. The fourth-order valence-corrected chi connectivity index (χ4v) is 4.35. The zero-order valence-corrected chi connectivity index (χ0v) is 10.4. The van der Waals surface area contributed by atoms with Gasteiger partial charge in [-0.1, -0.05) is 0 Å². The van der Waals surface area contributed by atoms with Gasteiger partial charge in [0.25, 0.3) is 0 Å². The maximum atomic E-state index is 9.81. The Morgan fingerprint density at radius 1 is 1.00 bits per heavy atom. The Morgan fingerprint density at radius 3 is 2.06 bits per heavy atom. The van der Waals surface area contributed by atoms with E-state index in [0.29, 0.717) is 0 Å². The highest BCUT2D eigenvalue weighted by atomic mass is 32.2. The zero-order valence-electron chi connectivity index (χ0n) is 8.77. The number of hydrogen-bond acceptors (Lipinski definition) is 7. The van der Waals surface area contributed by atoms with Gasteiger partial charge in [-0.15, -0.1) is 23.5 Å². The van der Waals surface area contributed by atoms with Gasteiger partial charge < -0.3 is 25.5 Å². The Morgan fingerprint density at radius 2 is 1.56 bits per heavy atom. The van der Waals surface area contributed by atoms with Crippen molar-refractivity contribution in [3.8, 4) is 0 Å². The van der Waals surface area contributed by atoms with Crippen LogP contribution in [-0.2, 0) is 0 Å². The number of thioether (sulfide) groups is 2. The molecule has 5 nitrogen and oxygen atoms in total. The average molecular weight is 270 g/mol. The van der Waals surface area contributed by atoms with Crippen LogP contribution in [0.1, 0.15) is 6.42 Å². The standard InChI is InChI=1S/C9H18O5S2/c10-4-5(11)6(12)7(13)8(14)9-15-2-1-3-16-9/h5-14H,1-4H2/t5-,6+,7+,8-/m1/s1. The molecule has 96 valence electrons. The molecule has 1 heterocycles. The second kappa shape index (κ2) is 7.05. The summed E-state index contributed by atoms with van der Waals surface area (Å²) in [5, 5.41) is 46.7. The summed E-state index contributed by atoms with van der Waals surface area (Å²) in [7, 11) is 0. The van der Waals surface area contributed by atoms with Crippen LogP contribution in [0.25, 0.3) is 0 Å². The molecule has 1 aliphatic heterocycles. The smallest absolute Gasteiger partial charge is 0.111 e. The van der Waals surface area contributed by atoms with E-state index in [1.807, 2.05) is 0 Å². The molecule has 7 heteroatoms. The van der Waals surface area contributed by atoms with Gasteiger partial charge in [-0.05, 0) is 17.9 Å². The Bertz CT molecular complexity index is 194. The molecule has 5 N–H and O–H groups in total. The third-order valence-corrected chi connectivity index (χ3v) is 5.49. The molecule has 16 heavy (non-hydrogen) atoms. The third kappa shape index (κ3) is 3.76. The number of aliphatic hydroxyl groups excluding tert-OH is 5. The predicted molar refractivity (Wildman–Crippen MR) is 64.4 cm³/mol. The summed E-state index contributed by atoms with van der Waals surface area (Å²) < 4.78 is -0.190. The van der Waals surface area contributed by atoms with Crippen LogP contribution in [0.4, 0.5) is 0 Å². The van der Waals surface area contributed by atoms with Crippen LogP contribution < -0.4 is 0 Å². The van der Waals surface area contributed by atoms with Crippen LogP contribution in [0.2, 0.25) is 0 Å². The van der Waals surface area contributed by atoms with Crippen molar-refractivity contribution in [1.82, 2.24) is 0 Å². The molecule has 1 fully saturated rings. The summed E-state index contributed by atoms with van der Waals surface area (Å²) in [4.78, 5) is 0. The van der Waals surface area contributed by atoms with E-state index in [4.69, 9.17) is 10.2 Å². The first-order valence-electron chi connectivity index (χ1n) is 5.14. The van der Waals surface area contributed by atoms with Crippen LogP contribution in [0, 0.1) is 0 Å². The van der Waals surface area contributed by atoms with Gasteiger partial charge in [0.05, 0.1) is 11.2 Å². The van der Waals surface area contributed by atoms with E-state index in [-0.39, 0.29) is 4.58 Å². The van der Waals surface area contributed by atoms with Crippen molar-refractivity contribution in [1.29, 1.82) is 0 Å². The van der Waals surface area contributed by atoms with E-state index >= 15 is 0 Å². The van der Waals surface area contributed by atoms with Crippen molar-refractivity contribution >= 4 is 23.5 Å². The largest absolute Gasteiger partial charge is 0.394 e. The lowest BCUT2D eigenvalue weighted by atomic mass is 10.0. The number of hydrogen-bond donors (Lipinski definition) is 5. The minimum atomic E-state index is -1.52. The molecule has 0 unspecified atom stereocenters. The second-order valence-corrected chi connectivity index (χ2v) is 6.48. The van der Waals surface area contributed by atoms with Crippen LogP contribution in [-0.4, -0.2) is 72.6 Å². The van der Waals surface area contributed by atoms with Crippen molar-refractivity contribution in [2.24, 2.45) is 0 Å². The maximum absolute atomic E-state index is 9.81. The van der Waals surface area contributed by atoms with E-state index in [1.54, 1.807) is 0 Å². The molecule has 0 aromatic heterocycles. The summed E-state index contributed by atoms with van der Waals surface area (Å²) in [6.45, 7) is -0.643. The topological polar surface area (TPSA) is 101 Å². The van der Waals surface area contributed by atoms with Crippen molar-refractivity contribution in [3.05, 3.63) is 0 Å². The van der Waals surface area contributed by atoms with E-state index in [1.165, 1.54) is 23.5 Å². The second-order valence-electron chi connectivity index (χ2n) is 3.69. The van der Waals surface area contributed by atoms with Crippen molar-refractivity contribution in [2.75, 3.05) is 18.1 Å². The lowest BCUT2D eigenvalue weighted by Gasteiger charge is -2.32. The molecule has 0 aromatic carbocycles. The van der Waals surface area contributed by atoms with E-state index < -0.39 is 31.0 Å². The number of aliphatic hydroxyl groups is 5. The molecule has 0 aromatic rings. The van der Waals surface area contributed by atoms with Gasteiger partial charge >= 0.3 is 0 Å². The van der Waals surface area contributed by atoms with Gasteiger partial charge in [-0.25, -0.2) is 0 Å². The maximum Gasteiger partial charge on any atom is 0.111 e. The van der Waals surface area contributed by atoms with E-state index in [9.17, 15) is 15.3 Å². The Labute approximate surface area is 103 Å². The monoisotopic (exact) mass is 270 g/mol. The van der Waals surface area contributed by atoms with E-state index in [2.05, 4.69) is 0 Å². The lowest BCUT2D eigenvalue weighted by Crippen LogP contribution is -2.49. The molecular weight excluding hydrogens is 252 g/mol. The van der Waals surface area contributed by atoms with Gasteiger partial charge in [0, 0.05) is 0 Å². The molecular formula is C9H18O5S2. The Balaban J connectivity index is 2.47. The highest BCUT2D eigenvalue weighted by Gasteiger charge is 2.35. The summed E-state index contributed by atoms with van der Waals surface area (Å²) in [6.07, 6.45) is -4.43. The van der Waals surface area contributed by atoms with Gasteiger partial charge in [-0.3, -0.25) is 0 Å². The molecule has 0 bridgehead atoms. The molecule has 0 saturated carbocycles. The molecule has 0 spiro atoms.